The van der Waals surface area contributed by atoms with Gasteiger partial charge in [-0.15, -0.1) is 0 Å². The maximum Gasteiger partial charge on any atom is 0.226 e. The number of piperazine rings is 1. The highest BCUT2D eigenvalue weighted by molar-refractivity contribution is 5.99. The molecule has 0 bridgehead atoms. The quantitative estimate of drug-likeness (QED) is 0.349. The van der Waals surface area contributed by atoms with Crippen molar-refractivity contribution in [3.63, 3.8) is 0 Å². The molecule has 1 fully saturated rings. The lowest BCUT2D eigenvalue weighted by Crippen LogP contribution is -2.48. The first-order valence-electron chi connectivity index (χ1n) is 12.8. The van der Waals surface area contributed by atoms with Crippen molar-refractivity contribution in [2.75, 3.05) is 26.2 Å². The fourth-order valence-corrected chi connectivity index (χ4v) is 5.06. The normalized spacial score (nSPS) is 15.1. The van der Waals surface area contributed by atoms with Crippen LogP contribution >= 0.6 is 0 Å². The molecule has 0 spiro atoms. The van der Waals surface area contributed by atoms with E-state index in [1.807, 2.05) is 55.7 Å². The highest BCUT2D eigenvalue weighted by atomic mass is 16.3. The molecule has 1 aliphatic rings. The minimum absolute atomic E-state index is 0.597. The molecule has 1 N–H and O–H groups in total. The Morgan fingerprint density at radius 2 is 1.86 bits per heavy atom. The third-order valence-corrected chi connectivity index (χ3v) is 7.14. The van der Waals surface area contributed by atoms with Gasteiger partial charge in [-0.2, -0.15) is 5.10 Å². The summed E-state index contributed by atoms with van der Waals surface area (Å²) < 4.78 is 5.94. The Labute approximate surface area is 216 Å². The standard InChI is InChI=1S/C29H31N7O/c1-19(2)36-13-11-35(12-14-36)17-22-18-37-29(33-22)21-7-8-26-24(15-21)23(9-10-30-26)25-16-31-34-28(25)27-6-4-5-20(3)32-27/h4-10,15-16,18-19H,11-14,17H2,1-3H3,(H,31,34). The molecule has 5 aromatic rings. The monoisotopic (exact) mass is 493 g/mol. The number of nitrogens with zero attached hydrogens (tertiary/aromatic N) is 6. The summed E-state index contributed by atoms with van der Waals surface area (Å²) in [5, 5.41) is 8.49. The number of aryl methyl sites for hydroxylation is 1. The molecular formula is C29H31N7O. The van der Waals surface area contributed by atoms with Gasteiger partial charge in [0.15, 0.2) is 0 Å². The second kappa shape index (κ2) is 9.88. The van der Waals surface area contributed by atoms with Crippen molar-refractivity contribution in [3.05, 3.63) is 72.5 Å². The number of H-pyrrole nitrogens is 1. The first-order valence-corrected chi connectivity index (χ1v) is 12.8. The average Bonchev–Trinajstić information content (AvgIpc) is 3.58. The van der Waals surface area contributed by atoms with Crippen molar-refractivity contribution in [2.45, 2.75) is 33.4 Å². The molecule has 4 aromatic heterocycles. The van der Waals surface area contributed by atoms with E-state index in [0.29, 0.717) is 11.9 Å². The van der Waals surface area contributed by atoms with Crippen LogP contribution in [0.4, 0.5) is 0 Å². The molecule has 188 valence electrons. The zero-order valence-electron chi connectivity index (χ0n) is 21.5. The number of oxazole rings is 1. The summed E-state index contributed by atoms with van der Waals surface area (Å²) in [5.41, 5.74) is 7.52. The van der Waals surface area contributed by atoms with Crippen LogP contribution in [0.2, 0.25) is 0 Å². The zero-order valence-corrected chi connectivity index (χ0v) is 21.5. The summed E-state index contributed by atoms with van der Waals surface area (Å²) in [7, 11) is 0. The van der Waals surface area contributed by atoms with E-state index in [2.05, 4.69) is 44.9 Å². The van der Waals surface area contributed by atoms with Gasteiger partial charge in [0.25, 0.3) is 0 Å². The Morgan fingerprint density at radius 1 is 1.00 bits per heavy atom. The number of hydrogen-bond acceptors (Lipinski definition) is 7. The molecule has 0 saturated carbocycles. The van der Waals surface area contributed by atoms with Gasteiger partial charge in [0, 0.05) is 67.2 Å². The third-order valence-electron chi connectivity index (χ3n) is 7.14. The second-order valence-corrected chi connectivity index (χ2v) is 9.96. The van der Waals surface area contributed by atoms with Crippen molar-refractivity contribution in [1.82, 2.24) is 34.9 Å². The van der Waals surface area contributed by atoms with Crippen LogP contribution in [0, 0.1) is 6.92 Å². The van der Waals surface area contributed by atoms with Gasteiger partial charge >= 0.3 is 0 Å². The predicted molar refractivity (Wildman–Crippen MR) is 145 cm³/mol. The SMILES string of the molecule is Cc1cccc(-c2[nH]ncc2-c2ccnc3ccc(-c4nc(CN5CCN(C(C)C)CC5)co4)cc23)n1. The van der Waals surface area contributed by atoms with Gasteiger partial charge in [-0.25, -0.2) is 4.98 Å². The Hall–Kier alpha value is -3.88. The summed E-state index contributed by atoms with van der Waals surface area (Å²) in [4.78, 5) is 19.1. The number of pyridine rings is 2. The molecule has 0 aliphatic carbocycles. The van der Waals surface area contributed by atoms with E-state index < -0.39 is 0 Å². The molecule has 8 nitrogen and oxygen atoms in total. The molecule has 0 radical (unpaired) electrons. The number of aromatic nitrogens is 5. The van der Waals surface area contributed by atoms with E-state index in [4.69, 9.17) is 14.4 Å². The van der Waals surface area contributed by atoms with Gasteiger partial charge in [0.2, 0.25) is 5.89 Å². The van der Waals surface area contributed by atoms with Crippen LogP contribution < -0.4 is 0 Å². The maximum atomic E-state index is 5.94. The van der Waals surface area contributed by atoms with E-state index in [1.165, 1.54) is 0 Å². The largest absolute Gasteiger partial charge is 0.444 e. The van der Waals surface area contributed by atoms with E-state index in [1.54, 1.807) is 6.26 Å². The lowest BCUT2D eigenvalue weighted by molar-refractivity contribution is 0.103. The average molecular weight is 494 g/mol. The lowest BCUT2D eigenvalue weighted by atomic mass is 9.99. The number of fused-ring (bicyclic) bond motifs is 1. The van der Waals surface area contributed by atoms with Gasteiger partial charge in [0.1, 0.15) is 6.26 Å². The highest BCUT2D eigenvalue weighted by Gasteiger charge is 2.20. The summed E-state index contributed by atoms with van der Waals surface area (Å²) in [6, 6.07) is 14.8. The topological polar surface area (TPSA) is 87.0 Å². The van der Waals surface area contributed by atoms with Crippen molar-refractivity contribution in [2.24, 2.45) is 0 Å². The van der Waals surface area contributed by atoms with Crippen molar-refractivity contribution < 1.29 is 4.42 Å². The zero-order chi connectivity index (χ0) is 25.4. The molecule has 1 aromatic carbocycles. The van der Waals surface area contributed by atoms with Crippen molar-refractivity contribution >= 4 is 10.9 Å². The Morgan fingerprint density at radius 3 is 2.68 bits per heavy atom. The number of rotatable bonds is 6. The molecule has 1 saturated heterocycles. The van der Waals surface area contributed by atoms with Crippen molar-refractivity contribution in [3.8, 4) is 34.0 Å². The molecule has 0 amide bonds. The Kier molecular flexibility index (Phi) is 6.28. The molecule has 8 heteroatoms. The Balaban J connectivity index is 1.29. The minimum atomic E-state index is 0.597. The van der Waals surface area contributed by atoms with Crippen LogP contribution in [-0.2, 0) is 6.54 Å². The number of hydrogen-bond donors (Lipinski definition) is 1. The molecule has 37 heavy (non-hydrogen) atoms. The molecule has 0 atom stereocenters. The first kappa shape index (κ1) is 23.5. The van der Waals surface area contributed by atoms with Crippen LogP contribution in [0.3, 0.4) is 0 Å². The fourth-order valence-electron chi connectivity index (χ4n) is 5.06. The van der Waals surface area contributed by atoms with Crippen LogP contribution in [0.5, 0.6) is 0 Å². The molecule has 6 rings (SSSR count). The van der Waals surface area contributed by atoms with Crippen LogP contribution in [-0.4, -0.2) is 67.2 Å². The predicted octanol–water partition coefficient (Wildman–Crippen LogP) is 5.18. The molecule has 1 aliphatic heterocycles. The summed E-state index contributed by atoms with van der Waals surface area (Å²) in [5.74, 6) is 0.625. The number of aromatic amines is 1. The van der Waals surface area contributed by atoms with Crippen molar-refractivity contribution in [1.29, 1.82) is 0 Å². The minimum Gasteiger partial charge on any atom is -0.444 e. The van der Waals surface area contributed by atoms with Crippen LogP contribution in [0.1, 0.15) is 25.2 Å². The van der Waals surface area contributed by atoms with Gasteiger partial charge in [-0.05, 0) is 62.7 Å². The molecular weight excluding hydrogens is 462 g/mol. The second-order valence-electron chi connectivity index (χ2n) is 9.96. The van der Waals surface area contributed by atoms with Gasteiger partial charge in [-0.1, -0.05) is 6.07 Å². The van der Waals surface area contributed by atoms with E-state index in [-0.39, 0.29) is 0 Å². The van der Waals surface area contributed by atoms with E-state index in [0.717, 1.165) is 83.1 Å². The van der Waals surface area contributed by atoms with Gasteiger partial charge in [-0.3, -0.25) is 24.9 Å². The summed E-state index contributed by atoms with van der Waals surface area (Å²) in [6.07, 6.45) is 5.47. The highest BCUT2D eigenvalue weighted by Crippen LogP contribution is 2.35. The Bertz CT molecular complexity index is 1530. The van der Waals surface area contributed by atoms with E-state index in [9.17, 15) is 0 Å². The number of nitrogens with one attached hydrogen (secondary N) is 1. The lowest BCUT2D eigenvalue weighted by Gasteiger charge is -2.36. The third kappa shape index (κ3) is 4.77. The van der Waals surface area contributed by atoms with E-state index >= 15 is 0 Å². The fraction of sp³-hybridized carbons (Fsp3) is 0.310. The molecule has 0 unspecified atom stereocenters. The van der Waals surface area contributed by atoms with Gasteiger partial charge < -0.3 is 4.42 Å². The van der Waals surface area contributed by atoms with Gasteiger partial charge in [0.05, 0.1) is 28.8 Å². The molecule has 5 heterocycles. The number of benzene rings is 1. The van der Waals surface area contributed by atoms with Crippen LogP contribution in [0.25, 0.3) is 44.9 Å². The summed E-state index contributed by atoms with van der Waals surface area (Å²) >= 11 is 0. The van der Waals surface area contributed by atoms with Crippen LogP contribution in [0.15, 0.2) is 65.5 Å². The maximum absolute atomic E-state index is 5.94. The smallest absolute Gasteiger partial charge is 0.226 e. The first-order chi connectivity index (χ1) is 18.0. The summed E-state index contributed by atoms with van der Waals surface area (Å²) in [6.45, 7) is 11.6.